The van der Waals surface area contributed by atoms with Crippen molar-refractivity contribution in [1.29, 1.82) is 0 Å². The van der Waals surface area contributed by atoms with E-state index in [1.807, 2.05) is 0 Å². The molecule has 1 atom stereocenters. The van der Waals surface area contributed by atoms with Gasteiger partial charge < -0.3 is 0 Å². The molecule has 0 N–H and O–H groups in total. The number of rotatable bonds is 1. The lowest BCUT2D eigenvalue weighted by Gasteiger charge is -1.98. The molecule has 0 fully saturated rings. The number of hydrogen-bond acceptors (Lipinski definition) is 0. The zero-order valence-corrected chi connectivity index (χ0v) is 7.48. The van der Waals surface area contributed by atoms with Crippen LogP contribution in [0.2, 0.25) is 0 Å². The van der Waals surface area contributed by atoms with Crippen molar-refractivity contribution in [2.75, 3.05) is 12.3 Å². The van der Waals surface area contributed by atoms with Crippen molar-refractivity contribution < 1.29 is 0 Å². The van der Waals surface area contributed by atoms with E-state index in [4.69, 9.17) is 0 Å². The average molecular weight is 167 g/mol. The first kappa shape index (κ1) is 6.53. The molecule has 1 heterocycles. The Morgan fingerprint density at radius 2 is 1.90 bits per heavy atom. The van der Waals surface area contributed by atoms with Crippen LogP contribution in [0.4, 0.5) is 0 Å². The van der Waals surface area contributed by atoms with E-state index in [9.17, 15) is 0 Å². The van der Waals surface area contributed by atoms with Crippen molar-refractivity contribution in [2.45, 2.75) is 0 Å². The van der Waals surface area contributed by atoms with Gasteiger partial charge in [-0.1, -0.05) is 18.2 Å². The summed E-state index contributed by atoms with van der Waals surface area (Å²) in [7, 11) is 1.97. The normalized spacial score (nSPS) is 21.0. The topological polar surface area (TPSA) is 0 Å². The van der Waals surface area contributed by atoms with Gasteiger partial charge in [0.1, 0.15) is 14.0 Å². The van der Waals surface area contributed by atoms with Crippen molar-refractivity contribution in [2.24, 2.45) is 0 Å². The Bertz CT molecular complexity index is 251. The van der Waals surface area contributed by atoms with E-state index in [1.54, 1.807) is 13.2 Å². The molecule has 2 heteroatoms. The van der Waals surface area contributed by atoms with Gasteiger partial charge in [-0.25, -0.2) is 0 Å². The van der Waals surface area contributed by atoms with Crippen LogP contribution in [0.5, 0.6) is 0 Å². The summed E-state index contributed by atoms with van der Waals surface area (Å²) in [5, 5.41) is 1.59. The van der Waals surface area contributed by atoms with Gasteiger partial charge in [-0.15, -0.1) is 0 Å². The fraction of sp³-hybridized carbons (Fsp3) is 0.250. The predicted molar refractivity (Wildman–Crippen MR) is 49.7 cm³/mol. The Labute approximate surface area is 63.7 Å². The van der Waals surface area contributed by atoms with Crippen molar-refractivity contribution in [1.82, 2.24) is 0 Å². The molecule has 1 aromatic rings. The molecular weight excluding hydrogens is 158 g/mol. The third kappa shape index (κ3) is 1.15. The smallest absolute Gasteiger partial charge is 0.0619 e. The Kier molecular flexibility index (Phi) is 1.84. The van der Waals surface area contributed by atoms with Gasteiger partial charge in [-0.2, -0.15) is 0 Å². The fourth-order valence-corrected chi connectivity index (χ4v) is 4.44. The minimum Gasteiger partial charge on any atom is -0.0619 e. The van der Waals surface area contributed by atoms with Crippen molar-refractivity contribution in [3.05, 3.63) is 30.3 Å². The standard InChI is InChI=1S/C8H9P2/c1-2-4-8(5-3-1)10-7-6-9-10/h1-5H,6-7H2/q+1. The summed E-state index contributed by atoms with van der Waals surface area (Å²) in [5.41, 5.74) is 0. The van der Waals surface area contributed by atoms with Crippen LogP contribution < -0.4 is 5.30 Å². The van der Waals surface area contributed by atoms with Crippen LogP contribution in [0.15, 0.2) is 30.3 Å². The Balaban J connectivity index is 2.34. The van der Waals surface area contributed by atoms with E-state index in [2.05, 4.69) is 30.3 Å². The third-order valence-electron chi connectivity index (χ3n) is 1.64. The highest BCUT2D eigenvalue weighted by Gasteiger charge is 2.21. The number of benzene rings is 1. The van der Waals surface area contributed by atoms with Crippen molar-refractivity contribution in [3.8, 4) is 0 Å². The highest BCUT2D eigenvalue weighted by atomic mass is 31.8. The molecule has 1 aromatic carbocycles. The maximum Gasteiger partial charge on any atom is 0.154 e. The third-order valence-corrected chi connectivity index (χ3v) is 7.21. The molecule has 0 nitrogen and oxygen atoms in total. The molecule has 0 aliphatic carbocycles. The van der Waals surface area contributed by atoms with E-state index in [-0.39, 0.29) is 7.21 Å². The van der Waals surface area contributed by atoms with E-state index in [1.165, 1.54) is 12.3 Å². The highest BCUT2D eigenvalue weighted by molar-refractivity contribution is 8.01. The summed E-state index contributed by atoms with van der Waals surface area (Å²) < 4.78 is 0. The van der Waals surface area contributed by atoms with Gasteiger partial charge in [-0.05, 0) is 12.1 Å². The lowest BCUT2D eigenvalue weighted by molar-refractivity contribution is 1.52. The zero-order valence-electron chi connectivity index (χ0n) is 5.70. The van der Waals surface area contributed by atoms with Crippen LogP contribution in [-0.4, -0.2) is 12.3 Å². The Morgan fingerprint density at radius 3 is 2.40 bits per heavy atom. The Hall–Kier alpha value is -0.180. The van der Waals surface area contributed by atoms with Crippen LogP contribution in [0, 0.1) is 0 Å². The Morgan fingerprint density at radius 1 is 1.20 bits per heavy atom. The summed E-state index contributed by atoms with van der Waals surface area (Å²) in [6, 6.07) is 10.9. The second kappa shape index (κ2) is 2.82. The number of hydrogen-bond donors (Lipinski definition) is 0. The second-order valence-electron chi connectivity index (χ2n) is 2.32. The summed E-state index contributed by atoms with van der Waals surface area (Å²) >= 11 is 0. The molecule has 0 amide bonds. The van der Waals surface area contributed by atoms with Gasteiger partial charge in [0.05, 0.1) is 6.16 Å². The van der Waals surface area contributed by atoms with Gasteiger partial charge in [0.15, 0.2) is 12.5 Å². The average Bonchev–Trinajstić information content (AvgIpc) is 1.86. The molecule has 1 unspecified atom stereocenters. The molecule has 0 radical (unpaired) electrons. The minimum absolute atomic E-state index is 0.279. The zero-order chi connectivity index (χ0) is 6.81. The molecule has 10 heavy (non-hydrogen) atoms. The summed E-state index contributed by atoms with van der Waals surface area (Å²) in [6.07, 6.45) is 2.89. The first-order chi connectivity index (χ1) is 4.97. The maximum atomic E-state index is 2.26. The van der Waals surface area contributed by atoms with E-state index >= 15 is 0 Å². The largest absolute Gasteiger partial charge is 0.154 e. The lowest BCUT2D eigenvalue weighted by atomic mass is 10.4. The van der Waals surface area contributed by atoms with Gasteiger partial charge >= 0.3 is 0 Å². The van der Waals surface area contributed by atoms with E-state index < -0.39 is 0 Å². The molecule has 1 aliphatic rings. The molecule has 0 saturated carbocycles. The van der Waals surface area contributed by atoms with E-state index in [0.717, 1.165) is 0 Å². The molecule has 50 valence electrons. The molecule has 1 aliphatic heterocycles. The first-order valence-electron chi connectivity index (χ1n) is 3.47. The molecule has 0 spiro atoms. The first-order valence-corrected chi connectivity index (χ1v) is 6.78. The van der Waals surface area contributed by atoms with Crippen LogP contribution >= 0.6 is 15.1 Å². The fourth-order valence-electron chi connectivity index (χ4n) is 1.01. The van der Waals surface area contributed by atoms with Gasteiger partial charge in [0.25, 0.3) is 0 Å². The summed E-state index contributed by atoms with van der Waals surface area (Å²) in [5.74, 6) is 0. The maximum absolute atomic E-state index is 2.26. The highest BCUT2D eigenvalue weighted by Crippen LogP contribution is 2.43. The molecule has 0 aromatic heterocycles. The minimum atomic E-state index is 0.279. The monoisotopic (exact) mass is 167 g/mol. The van der Waals surface area contributed by atoms with Crippen LogP contribution in [-0.2, 0) is 0 Å². The summed E-state index contributed by atoms with van der Waals surface area (Å²) in [4.78, 5) is 0. The predicted octanol–water partition coefficient (Wildman–Crippen LogP) is 2.67. The molecular formula is C8H9P2+. The van der Waals surface area contributed by atoms with E-state index in [0.29, 0.717) is 0 Å². The molecule has 0 bridgehead atoms. The lowest BCUT2D eigenvalue weighted by Crippen LogP contribution is -2.01. The second-order valence-corrected chi connectivity index (χ2v) is 7.11. The molecule has 0 saturated heterocycles. The van der Waals surface area contributed by atoms with Crippen LogP contribution in [0.3, 0.4) is 0 Å². The van der Waals surface area contributed by atoms with Crippen LogP contribution in [0.25, 0.3) is 0 Å². The van der Waals surface area contributed by atoms with Gasteiger partial charge in [0, 0.05) is 0 Å². The molecule has 2 rings (SSSR count). The van der Waals surface area contributed by atoms with Crippen LogP contribution in [0.1, 0.15) is 0 Å². The van der Waals surface area contributed by atoms with Gasteiger partial charge in [-0.3, -0.25) is 0 Å². The SMILES string of the molecule is c1ccc([P+]2=PCC2)cc1. The van der Waals surface area contributed by atoms with Gasteiger partial charge in [0.2, 0.25) is 0 Å². The van der Waals surface area contributed by atoms with Crippen molar-refractivity contribution >= 4 is 20.4 Å². The summed E-state index contributed by atoms with van der Waals surface area (Å²) in [6.45, 7) is 0. The quantitative estimate of drug-likeness (QED) is 0.564. The van der Waals surface area contributed by atoms with Crippen molar-refractivity contribution in [3.63, 3.8) is 0 Å².